The maximum atomic E-state index is 10.0. The second kappa shape index (κ2) is 5.09. The Morgan fingerprint density at radius 1 is 0.769 bits per heavy atom. The van der Waals surface area contributed by atoms with Crippen LogP contribution in [0.1, 0.15) is 12.8 Å². The highest BCUT2D eigenvalue weighted by Crippen LogP contribution is 2.03. The molecular formula is C10H10O3. The Labute approximate surface area is 76.3 Å². The molecular weight excluding hydrogens is 168 g/mol. The third-order valence-electron chi connectivity index (χ3n) is 1.43. The second-order valence-corrected chi connectivity index (χ2v) is 2.50. The third kappa shape index (κ3) is 4.06. The smallest absolute Gasteiger partial charge is 0.314 e. The fourth-order valence-electron chi connectivity index (χ4n) is 0.818. The van der Waals surface area contributed by atoms with Gasteiger partial charge in [0.15, 0.2) is 0 Å². The van der Waals surface area contributed by atoms with E-state index < -0.39 is 11.9 Å². The van der Waals surface area contributed by atoms with Gasteiger partial charge in [-0.05, 0) is 0 Å². The largest absolute Gasteiger partial charge is 0.393 e. The molecule has 13 heavy (non-hydrogen) atoms. The summed E-state index contributed by atoms with van der Waals surface area (Å²) in [6, 6.07) is 12.0. The van der Waals surface area contributed by atoms with Gasteiger partial charge < -0.3 is 4.74 Å². The third-order valence-corrected chi connectivity index (χ3v) is 1.43. The van der Waals surface area contributed by atoms with Gasteiger partial charge in [0.05, 0.1) is 12.8 Å². The van der Waals surface area contributed by atoms with Crippen molar-refractivity contribution in [2.24, 2.45) is 0 Å². The minimum atomic E-state index is -0.398. The molecule has 0 radical (unpaired) electrons. The summed E-state index contributed by atoms with van der Waals surface area (Å²) in [5.74, 6) is -0.796. The van der Waals surface area contributed by atoms with Gasteiger partial charge in [-0.25, -0.2) is 0 Å². The highest BCUT2D eigenvalue weighted by Gasteiger charge is 2.19. The predicted octanol–water partition coefficient (Wildman–Crippen LogP) is 1.54. The predicted molar refractivity (Wildman–Crippen MR) is 46.8 cm³/mol. The van der Waals surface area contributed by atoms with Crippen molar-refractivity contribution in [1.82, 2.24) is 0 Å². The molecule has 0 aliphatic carbocycles. The van der Waals surface area contributed by atoms with Crippen molar-refractivity contribution in [3.05, 3.63) is 36.4 Å². The van der Waals surface area contributed by atoms with Crippen LogP contribution in [0.25, 0.3) is 0 Å². The second-order valence-electron chi connectivity index (χ2n) is 2.50. The Hall–Kier alpha value is -1.64. The van der Waals surface area contributed by atoms with E-state index in [2.05, 4.69) is 4.74 Å². The number of cyclic esters (lactones) is 2. The minimum absolute atomic E-state index is 0.263. The molecule has 68 valence electrons. The van der Waals surface area contributed by atoms with Crippen LogP contribution < -0.4 is 0 Å². The van der Waals surface area contributed by atoms with E-state index in [1.165, 1.54) is 0 Å². The lowest BCUT2D eigenvalue weighted by molar-refractivity contribution is -0.151. The Balaban J connectivity index is 0.000000132. The van der Waals surface area contributed by atoms with E-state index in [0.717, 1.165) is 0 Å². The van der Waals surface area contributed by atoms with Gasteiger partial charge in [-0.2, -0.15) is 0 Å². The molecule has 1 fully saturated rings. The summed E-state index contributed by atoms with van der Waals surface area (Å²) in [6.07, 6.45) is 0.525. The summed E-state index contributed by atoms with van der Waals surface area (Å²) in [6.45, 7) is 0. The average Bonchev–Trinajstić information content (AvgIpc) is 2.54. The van der Waals surface area contributed by atoms with Crippen molar-refractivity contribution in [2.45, 2.75) is 12.8 Å². The van der Waals surface area contributed by atoms with E-state index in [1.54, 1.807) is 0 Å². The molecule has 0 aromatic heterocycles. The number of hydrogen-bond acceptors (Lipinski definition) is 3. The van der Waals surface area contributed by atoms with Gasteiger partial charge >= 0.3 is 11.9 Å². The maximum absolute atomic E-state index is 10.0. The molecule has 1 heterocycles. The molecule has 1 aliphatic heterocycles. The lowest BCUT2D eigenvalue weighted by Crippen LogP contribution is -1.94. The Bertz CT molecular complexity index is 239. The highest BCUT2D eigenvalue weighted by molar-refractivity contribution is 5.92. The lowest BCUT2D eigenvalue weighted by Gasteiger charge is -1.79. The molecule has 0 atom stereocenters. The van der Waals surface area contributed by atoms with Crippen LogP contribution in [-0.2, 0) is 14.3 Å². The van der Waals surface area contributed by atoms with Crippen molar-refractivity contribution in [3.8, 4) is 0 Å². The molecule has 0 N–H and O–H groups in total. The van der Waals surface area contributed by atoms with Crippen molar-refractivity contribution < 1.29 is 14.3 Å². The number of esters is 2. The van der Waals surface area contributed by atoms with Crippen LogP contribution in [0.15, 0.2) is 36.4 Å². The first-order valence-corrected chi connectivity index (χ1v) is 4.02. The van der Waals surface area contributed by atoms with Gasteiger partial charge in [0.25, 0.3) is 0 Å². The average molecular weight is 178 g/mol. The molecule has 3 nitrogen and oxygen atoms in total. The van der Waals surface area contributed by atoms with E-state index in [0.29, 0.717) is 0 Å². The molecule has 0 bridgehead atoms. The number of rotatable bonds is 0. The fourth-order valence-corrected chi connectivity index (χ4v) is 0.818. The number of ether oxygens (including phenoxy) is 1. The summed E-state index contributed by atoms with van der Waals surface area (Å²) in [5, 5.41) is 0. The number of hydrogen-bond donors (Lipinski definition) is 0. The number of benzene rings is 1. The van der Waals surface area contributed by atoms with Gasteiger partial charge in [0.1, 0.15) is 0 Å². The molecule has 3 heteroatoms. The number of carbonyl (C=O) groups is 2. The number of carbonyl (C=O) groups excluding carboxylic acids is 2. The van der Waals surface area contributed by atoms with Crippen molar-refractivity contribution in [2.75, 3.05) is 0 Å². The molecule has 0 amide bonds. The van der Waals surface area contributed by atoms with Gasteiger partial charge in [0, 0.05) is 0 Å². The zero-order valence-corrected chi connectivity index (χ0v) is 7.10. The Morgan fingerprint density at radius 2 is 1.08 bits per heavy atom. The molecule has 1 aliphatic rings. The first kappa shape index (κ1) is 9.45. The van der Waals surface area contributed by atoms with E-state index >= 15 is 0 Å². The zero-order valence-electron chi connectivity index (χ0n) is 7.10. The topological polar surface area (TPSA) is 43.4 Å². The first-order chi connectivity index (χ1) is 6.29. The van der Waals surface area contributed by atoms with Gasteiger partial charge in [0.2, 0.25) is 0 Å². The van der Waals surface area contributed by atoms with Crippen molar-refractivity contribution in [3.63, 3.8) is 0 Å². The quantitative estimate of drug-likeness (QED) is 0.447. The Morgan fingerprint density at radius 3 is 1.23 bits per heavy atom. The van der Waals surface area contributed by atoms with Crippen LogP contribution in [0.2, 0.25) is 0 Å². The Kier molecular flexibility index (Phi) is 3.70. The van der Waals surface area contributed by atoms with E-state index in [9.17, 15) is 9.59 Å². The van der Waals surface area contributed by atoms with Crippen LogP contribution in [0.4, 0.5) is 0 Å². The summed E-state index contributed by atoms with van der Waals surface area (Å²) < 4.78 is 4.08. The van der Waals surface area contributed by atoms with Crippen LogP contribution in [0, 0.1) is 0 Å². The van der Waals surface area contributed by atoms with Crippen LogP contribution in [0.5, 0.6) is 0 Å². The first-order valence-electron chi connectivity index (χ1n) is 4.02. The monoisotopic (exact) mass is 178 g/mol. The van der Waals surface area contributed by atoms with E-state index in [4.69, 9.17) is 0 Å². The van der Waals surface area contributed by atoms with Crippen LogP contribution >= 0.6 is 0 Å². The maximum Gasteiger partial charge on any atom is 0.314 e. The van der Waals surface area contributed by atoms with E-state index in [1.807, 2.05) is 36.4 Å². The molecule has 0 saturated carbocycles. The summed E-state index contributed by atoms with van der Waals surface area (Å²) in [4.78, 5) is 20.0. The standard InChI is InChI=1S/C6H6.C4H4O3/c1-2-4-6-5-3-1;5-3-1-2-4(6)7-3/h1-6H;1-2H2. The highest BCUT2D eigenvalue weighted by atomic mass is 16.6. The van der Waals surface area contributed by atoms with Gasteiger partial charge in [-0.3, -0.25) is 9.59 Å². The molecule has 1 aromatic rings. The SMILES string of the molecule is O=C1CCC(=O)O1.c1ccccc1. The van der Waals surface area contributed by atoms with Gasteiger partial charge in [-0.15, -0.1) is 0 Å². The molecule has 2 rings (SSSR count). The van der Waals surface area contributed by atoms with Crippen molar-refractivity contribution in [1.29, 1.82) is 0 Å². The fraction of sp³-hybridized carbons (Fsp3) is 0.200. The lowest BCUT2D eigenvalue weighted by atomic mass is 10.4. The molecule has 1 saturated heterocycles. The summed E-state index contributed by atoms with van der Waals surface area (Å²) in [5.41, 5.74) is 0. The van der Waals surface area contributed by atoms with E-state index in [-0.39, 0.29) is 12.8 Å². The molecule has 1 aromatic carbocycles. The van der Waals surface area contributed by atoms with Crippen LogP contribution in [0.3, 0.4) is 0 Å². The summed E-state index contributed by atoms with van der Waals surface area (Å²) >= 11 is 0. The normalized spacial score (nSPS) is 14.5. The molecule has 0 unspecified atom stereocenters. The van der Waals surface area contributed by atoms with Crippen molar-refractivity contribution >= 4 is 11.9 Å². The minimum Gasteiger partial charge on any atom is -0.393 e. The van der Waals surface area contributed by atoms with Crippen LogP contribution in [-0.4, -0.2) is 11.9 Å². The summed E-state index contributed by atoms with van der Waals surface area (Å²) in [7, 11) is 0. The zero-order chi connectivity index (χ0) is 9.52. The molecule has 0 spiro atoms. The van der Waals surface area contributed by atoms with Gasteiger partial charge in [-0.1, -0.05) is 36.4 Å².